The number of amides is 3. The van der Waals surface area contributed by atoms with Gasteiger partial charge in [-0.25, -0.2) is 9.78 Å². The summed E-state index contributed by atoms with van der Waals surface area (Å²) in [5.41, 5.74) is 5.75. The molecule has 2 unspecified atom stereocenters. The maximum atomic E-state index is 13.5. The van der Waals surface area contributed by atoms with Gasteiger partial charge in [0.2, 0.25) is 11.8 Å². The molecule has 54 heavy (non-hydrogen) atoms. The van der Waals surface area contributed by atoms with Crippen molar-refractivity contribution in [1.29, 1.82) is 0 Å². The van der Waals surface area contributed by atoms with E-state index in [0.29, 0.717) is 19.1 Å². The van der Waals surface area contributed by atoms with E-state index in [2.05, 4.69) is 86.2 Å². The number of alkyl carbamates (subject to hydrolysis) is 1. The van der Waals surface area contributed by atoms with Crippen molar-refractivity contribution in [3.8, 4) is 22.4 Å². The number of H-pyrrole nitrogens is 1. The highest BCUT2D eigenvalue weighted by atomic mass is 16.5. The van der Waals surface area contributed by atoms with Crippen LogP contribution in [0.2, 0.25) is 0 Å². The lowest BCUT2D eigenvalue weighted by atomic mass is 10.0. The first-order valence-corrected chi connectivity index (χ1v) is 19.1. The molecule has 0 bridgehead atoms. The van der Waals surface area contributed by atoms with E-state index in [9.17, 15) is 14.4 Å². The third-order valence-electron chi connectivity index (χ3n) is 10.7. The monoisotopic (exact) mass is 738 g/mol. The topological polar surface area (TPSA) is 153 Å². The fourth-order valence-electron chi connectivity index (χ4n) is 7.71. The summed E-state index contributed by atoms with van der Waals surface area (Å²) in [5, 5.41) is 9.81. The van der Waals surface area contributed by atoms with Crippen molar-refractivity contribution in [2.24, 2.45) is 10.9 Å². The molecule has 3 fully saturated rings. The Kier molecular flexibility index (Phi) is 12.8. The Bertz CT molecular complexity index is 1780. The van der Waals surface area contributed by atoms with Gasteiger partial charge in [-0.3, -0.25) is 14.6 Å². The molecule has 4 atom stereocenters. The summed E-state index contributed by atoms with van der Waals surface area (Å²) in [6, 6.07) is 15.7. The largest absolute Gasteiger partial charge is 0.453 e. The Morgan fingerprint density at radius 1 is 0.926 bits per heavy atom. The molecule has 6 rings (SSSR count). The molecule has 4 N–H and O–H groups in total. The van der Waals surface area contributed by atoms with E-state index in [1.807, 2.05) is 36.8 Å². The van der Waals surface area contributed by atoms with E-state index in [4.69, 9.17) is 9.47 Å². The number of aliphatic imine (C=N–C) groups is 1. The summed E-state index contributed by atoms with van der Waals surface area (Å²) in [4.78, 5) is 54.9. The molecule has 0 saturated carbocycles. The quantitative estimate of drug-likeness (QED) is 0.168. The molecule has 3 aliphatic heterocycles. The second-order valence-electron chi connectivity index (χ2n) is 14.7. The summed E-state index contributed by atoms with van der Waals surface area (Å²) in [6.45, 7) is 12.2. The van der Waals surface area contributed by atoms with E-state index < -0.39 is 12.1 Å². The number of aromatic amines is 1. The molecule has 2 aromatic carbocycles. The SMILES string of the molecule is C=N/C=C(\NC1CCCN1C(=O)[C@H](C)NC1CCOCC1)c1ccc(-c2ccc(-c3cnc(C4CCCN4C(=O)[C@@H](NC(=O)OC)C(C)C)[nH]3)cc2)cc1. The van der Waals surface area contributed by atoms with Crippen molar-refractivity contribution < 1.29 is 23.9 Å². The highest BCUT2D eigenvalue weighted by molar-refractivity contribution is 5.86. The smallest absolute Gasteiger partial charge is 0.407 e. The average Bonchev–Trinajstić information content (AvgIpc) is 3.98. The van der Waals surface area contributed by atoms with Crippen LogP contribution in [0.3, 0.4) is 0 Å². The van der Waals surface area contributed by atoms with Gasteiger partial charge in [0.05, 0.1) is 36.8 Å². The Hall–Kier alpha value is -5.01. The van der Waals surface area contributed by atoms with Gasteiger partial charge in [-0.15, -0.1) is 0 Å². The molecular formula is C41H54N8O5. The third kappa shape index (κ3) is 9.02. The zero-order valence-corrected chi connectivity index (χ0v) is 31.8. The Labute approximate surface area is 318 Å². The molecule has 13 heteroatoms. The highest BCUT2D eigenvalue weighted by Gasteiger charge is 2.38. The van der Waals surface area contributed by atoms with E-state index in [1.165, 1.54) is 7.11 Å². The average molecular weight is 739 g/mol. The number of aromatic nitrogens is 2. The molecule has 4 heterocycles. The number of hydrogen-bond donors (Lipinski definition) is 4. The molecule has 0 aliphatic carbocycles. The number of nitrogens with one attached hydrogen (secondary N) is 4. The number of carbonyl (C=O) groups excluding carboxylic acids is 3. The van der Waals surface area contributed by atoms with Crippen molar-refractivity contribution in [3.05, 3.63) is 72.3 Å². The number of nitrogens with zero attached hydrogens (tertiary/aromatic N) is 4. The maximum Gasteiger partial charge on any atom is 0.407 e. The summed E-state index contributed by atoms with van der Waals surface area (Å²) < 4.78 is 10.2. The molecule has 3 aromatic rings. The molecule has 3 amide bonds. The van der Waals surface area contributed by atoms with E-state index >= 15 is 0 Å². The van der Waals surface area contributed by atoms with Gasteiger partial charge in [0.25, 0.3) is 0 Å². The fraction of sp³-hybridized carbons (Fsp3) is 0.488. The van der Waals surface area contributed by atoms with E-state index in [1.54, 1.807) is 6.20 Å². The van der Waals surface area contributed by atoms with Gasteiger partial charge in [-0.1, -0.05) is 62.4 Å². The van der Waals surface area contributed by atoms with Crippen LogP contribution in [0.5, 0.6) is 0 Å². The third-order valence-corrected chi connectivity index (χ3v) is 10.7. The van der Waals surface area contributed by atoms with Crippen molar-refractivity contribution >= 4 is 30.3 Å². The second-order valence-corrected chi connectivity index (χ2v) is 14.7. The Morgan fingerprint density at radius 2 is 1.57 bits per heavy atom. The lowest BCUT2D eigenvalue weighted by Crippen LogP contribution is -2.53. The van der Waals surface area contributed by atoms with Crippen LogP contribution in [0.4, 0.5) is 4.79 Å². The zero-order valence-electron chi connectivity index (χ0n) is 31.8. The maximum absolute atomic E-state index is 13.5. The van der Waals surface area contributed by atoms with Gasteiger partial charge in [-0.2, -0.15) is 0 Å². The fourth-order valence-corrected chi connectivity index (χ4v) is 7.71. The lowest BCUT2D eigenvalue weighted by Gasteiger charge is -2.32. The first-order chi connectivity index (χ1) is 26.2. The molecule has 288 valence electrons. The Morgan fingerprint density at radius 3 is 2.24 bits per heavy atom. The van der Waals surface area contributed by atoms with Crippen molar-refractivity contribution in [3.63, 3.8) is 0 Å². The second kappa shape index (κ2) is 17.9. The molecule has 3 aliphatic rings. The van der Waals surface area contributed by atoms with Crippen LogP contribution in [-0.4, -0.2) is 102 Å². The minimum atomic E-state index is -0.682. The minimum absolute atomic E-state index is 0.0990. The number of imidazole rings is 1. The summed E-state index contributed by atoms with van der Waals surface area (Å²) in [5.74, 6) is 0.602. The molecule has 13 nitrogen and oxygen atoms in total. The lowest BCUT2D eigenvalue weighted by molar-refractivity contribution is -0.135. The number of ether oxygens (including phenoxy) is 2. The van der Waals surface area contributed by atoms with Crippen LogP contribution < -0.4 is 16.0 Å². The number of benzene rings is 2. The van der Waals surface area contributed by atoms with Gasteiger partial charge in [0.15, 0.2) is 0 Å². The van der Waals surface area contributed by atoms with Crippen LogP contribution >= 0.6 is 0 Å². The van der Waals surface area contributed by atoms with Crippen LogP contribution in [0, 0.1) is 5.92 Å². The van der Waals surface area contributed by atoms with Gasteiger partial charge >= 0.3 is 6.09 Å². The first-order valence-electron chi connectivity index (χ1n) is 19.1. The van der Waals surface area contributed by atoms with E-state index in [0.717, 1.165) is 91.2 Å². The van der Waals surface area contributed by atoms with Crippen LogP contribution in [0.1, 0.15) is 76.7 Å². The van der Waals surface area contributed by atoms with Gasteiger partial charge in [0.1, 0.15) is 18.0 Å². The summed E-state index contributed by atoms with van der Waals surface area (Å²) in [6.07, 6.45) is 8.06. The predicted octanol–water partition coefficient (Wildman–Crippen LogP) is 5.48. The van der Waals surface area contributed by atoms with Gasteiger partial charge in [0, 0.05) is 38.5 Å². The molecule has 3 saturated heterocycles. The minimum Gasteiger partial charge on any atom is -0.453 e. The van der Waals surface area contributed by atoms with Crippen molar-refractivity contribution in [2.75, 3.05) is 33.4 Å². The standard InChI is InChI=1S/C41H54N8O5/c1-26(2)37(47-41(52)53-5)40(51)48-20-6-8-35(48)38-43-25-34(46-38)31-16-12-29(13-17-31)28-10-14-30(15-11-28)33(24-42-4)45-36-9-7-21-49(36)39(50)27(3)44-32-18-22-54-23-19-32/h10-17,24-27,32,35-37,44-45H,4,6-9,18-23H2,1-3,5H3,(H,43,46)(H,47,52)/b33-24-/t27-,35?,36?,37-/m0/s1. The van der Waals surface area contributed by atoms with Crippen molar-refractivity contribution in [2.45, 2.75) is 89.6 Å². The number of rotatable bonds is 13. The Balaban J connectivity index is 1.09. The number of methoxy groups -OCH3 is 1. The number of hydrogen-bond acceptors (Lipinski definition) is 9. The van der Waals surface area contributed by atoms with Crippen LogP contribution in [-0.2, 0) is 19.1 Å². The molecular weight excluding hydrogens is 685 g/mol. The van der Waals surface area contributed by atoms with Crippen molar-refractivity contribution in [1.82, 2.24) is 35.7 Å². The van der Waals surface area contributed by atoms with Gasteiger partial charge in [-0.05, 0) is 80.3 Å². The molecule has 0 radical (unpaired) electrons. The normalized spacial score (nSPS) is 20.5. The summed E-state index contributed by atoms with van der Waals surface area (Å²) in [7, 11) is 1.29. The van der Waals surface area contributed by atoms with E-state index in [-0.39, 0.29) is 36.0 Å². The number of likely N-dealkylation sites (tertiary alicyclic amines) is 2. The number of carbonyl (C=O) groups is 3. The molecule has 0 spiro atoms. The van der Waals surface area contributed by atoms with Crippen LogP contribution in [0.25, 0.3) is 28.1 Å². The molecule has 1 aromatic heterocycles. The van der Waals surface area contributed by atoms with Gasteiger partial charge < -0.3 is 40.2 Å². The highest BCUT2D eigenvalue weighted by Crippen LogP contribution is 2.33. The predicted molar refractivity (Wildman–Crippen MR) is 209 cm³/mol. The summed E-state index contributed by atoms with van der Waals surface area (Å²) >= 11 is 0. The first kappa shape index (κ1) is 38.7. The zero-order chi connectivity index (χ0) is 38.2. The van der Waals surface area contributed by atoms with Crippen LogP contribution in [0.15, 0.2) is 65.9 Å².